The second kappa shape index (κ2) is 6.84. The number of sulfone groups is 1. The highest BCUT2D eigenvalue weighted by molar-refractivity contribution is 7.91. The second-order valence-electron chi connectivity index (χ2n) is 5.74. The van der Waals surface area contributed by atoms with Gasteiger partial charge in [0, 0.05) is 13.1 Å². The SMILES string of the molecule is O=C(Cc1ccsc1)N1CCC(c2ccccc2)S(=O)(=O)CC1. The molecule has 1 aromatic heterocycles. The molecular weight excluding hydrogens is 330 g/mol. The van der Waals surface area contributed by atoms with Crippen LogP contribution in [-0.4, -0.2) is 38.1 Å². The fourth-order valence-corrected chi connectivity index (χ4v) is 5.38. The molecule has 0 aliphatic carbocycles. The molecular formula is C17H19NO3S2. The Labute approximate surface area is 140 Å². The zero-order valence-electron chi connectivity index (χ0n) is 12.7. The highest BCUT2D eigenvalue weighted by Crippen LogP contribution is 2.29. The first kappa shape index (κ1) is 16.2. The normalized spacial score (nSPS) is 20.9. The van der Waals surface area contributed by atoms with Crippen molar-refractivity contribution < 1.29 is 13.2 Å². The summed E-state index contributed by atoms with van der Waals surface area (Å²) in [6.45, 7) is 0.774. The molecule has 1 amide bonds. The number of thiophene rings is 1. The summed E-state index contributed by atoms with van der Waals surface area (Å²) in [6, 6.07) is 11.2. The van der Waals surface area contributed by atoms with Crippen LogP contribution >= 0.6 is 11.3 Å². The minimum absolute atomic E-state index is 0.00677. The Morgan fingerprint density at radius 1 is 1.17 bits per heavy atom. The van der Waals surface area contributed by atoms with Gasteiger partial charge in [-0.15, -0.1) is 0 Å². The summed E-state index contributed by atoms with van der Waals surface area (Å²) in [5.41, 5.74) is 1.81. The topological polar surface area (TPSA) is 54.5 Å². The van der Waals surface area contributed by atoms with E-state index in [1.165, 1.54) is 0 Å². The number of benzene rings is 1. The maximum atomic E-state index is 12.6. The van der Waals surface area contributed by atoms with Crippen LogP contribution in [0.2, 0.25) is 0 Å². The van der Waals surface area contributed by atoms with Crippen LogP contribution in [0.1, 0.15) is 22.8 Å². The Morgan fingerprint density at radius 3 is 2.65 bits per heavy atom. The average molecular weight is 349 g/mol. The van der Waals surface area contributed by atoms with Crippen LogP contribution in [-0.2, 0) is 21.1 Å². The van der Waals surface area contributed by atoms with E-state index in [0.717, 1.165) is 11.1 Å². The molecule has 2 heterocycles. The van der Waals surface area contributed by atoms with Crippen molar-refractivity contribution in [2.45, 2.75) is 18.1 Å². The lowest BCUT2D eigenvalue weighted by molar-refractivity contribution is -0.130. The molecule has 6 heteroatoms. The molecule has 1 unspecified atom stereocenters. The van der Waals surface area contributed by atoms with Crippen molar-refractivity contribution in [1.82, 2.24) is 4.90 Å². The standard InChI is InChI=1S/C17H19NO3S2/c19-17(12-14-7-10-22-13-14)18-8-6-16(23(20,21)11-9-18)15-4-2-1-3-5-15/h1-5,7,10,13,16H,6,8-9,11-12H2. The molecule has 0 bridgehead atoms. The zero-order chi connectivity index (χ0) is 16.3. The van der Waals surface area contributed by atoms with Gasteiger partial charge in [0.2, 0.25) is 5.91 Å². The highest BCUT2D eigenvalue weighted by Gasteiger charge is 2.32. The Morgan fingerprint density at radius 2 is 1.96 bits per heavy atom. The molecule has 0 spiro atoms. The van der Waals surface area contributed by atoms with Crippen LogP contribution in [0.4, 0.5) is 0 Å². The van der Waals surface area contributed by atoms with Crippen molar-refractivity contribution in [3.63, 3.8) is 0 Å². The predicted octanol–water partition coefficient (Wildman–Crippen LogP) is 2.68. The van der Waals surface area contributed by atoms with Gasteiger partial charge in [-0.2, -0.15) is 11.3 Å². The average Bonchev–Trinajstić information content (AvgIpc) is 2.98. The molecule has 0 saturated carbocycles. The molecule has 122 valence electrons. The Bertz CT molecular complexity index is 754. The second-order valence-corrected chi connectivity index (χ2v) is 8.83. The summed E-state index contributed by atoms with van der Waals surface area (Å²) in [4.78, 5) is 14.1. The van der Waals surface area contributed by atoms with E-state index >= 15 is 0 Å². The summed E-state index contributed by atoms with van der Waals surface area (Å²) >= 11 is 1.56. The van der Waals surface area contributed by atoms with Gasteiger partial charge >= 0.3 is 0 Å². The molecule has 0 N–H and O–H groups in total. The first-order valence-corrected chi connectivity index (χ1v) is 10.3. The smallest absolute Gasteiger partial charge is 0.227 e. The van der Waals surface area contributed by atoms with Gasteiger partial charge in [0.25, 0.3) is 0 Å². The predicted molar refractivity (Wildman–Crippen MR) is 92.2 cm³/mol. The summed E-state index contributed by atoms with van der Waals surface area (Å²) in [5.74, 6) is 0.0365. The van der Waals surface area contributed by atoms with Crippen molar-refractivity contribution in [2.75, 3.05) is 18.8 Å². The summed E-state index contributed by atoms with van der Waals surface area (Å²) in [7, 11) is -3.23. The largest absolute Gasteiger partial charge is 0.341 e. The van der Waals surface area contributed by atoms with Gasteiger partial charge in [0.15, 0.2) is 9.84 Å². The molecule has 1 fully saturated rings. The van der Waals surface area contributed by atoms with Crippen molar-refractivity contribution in [1.29, 1.82) is 0 Å². The third-order valence-corrected chi connectivity index (χ3v) is 7.06. The van der Waals surface area contributed by atoms with Crippen LogP contribution in [0.5, 0.6) is 0 Å². The molecule has 1 saturated heterocycles. The number of nitrogens with zero attached hydrogens (tertiary/aromatic N) is 1. The van der Waals surface area contributed by atoms with E-state index < -0.39 is 15.1 Å². The van der Waals surface area contributed by atoms with E-state index in [9.17, 15) is 13.2 Å². The Hall–Kier alpha value is -1.66. The fraction of sp³-hybridized carbons (Fsp3) is 0.353. The molecule has 1 aliphatic rings. The quantitative estimate of drug-likeness (QED) is 0.856. The van der Waals surface area contributed by atoms with Gasteiger partial charge in [-0.1, -0.05) is 30.3 Å². The van der Waals surface area contributed by atoms with Crippen molar-refractivity contribution in [3.8, 4) is 0 Å². The lowest BCUT2D eigenvalue weighted by atomic mass is 10.1. The summed E-state index contributed by atoms with van der Waals surface area (Å²) < 4.78 is 25.1. The van der Waals surface area contributed by atoms with Crippen LogP contribution in [0, 0.1) is 0 Å². The molecule has 4 nitrogen and oxygen atoms in total. The lowest BCUT2D eigenvalue weighted by Crippen LogP contribution is -2.34. The van der Waals surface area contributed by atoms with Gasteiger partial charge < -0.3 is 4.90 Å². The maximum Gasteiger partial charge on any atom is 0.227 e. The summed E-state index contributed by atoms with van der Waals surface area (Å²) in [5, 5.41) is 3.39. The van der Waals surface area contributed by atoms with E-state index in [0.29, 0.717) is 19.4 Å². The fourth-order valence-electron chi connectivity index (χ4n) is 2.91. The lowest BCUT2D eigenvalue weighted by Gasteiger charge is -2.19. The van der Waals surface area contributed by atoms with Crippen LogP contribution in [0.15, 0.2) is 47.2 Å². The monoisotopic (exact) mass is 349 g/mol. The minimum Gasteiger partial charge on any atom is -0.341 e. The Kier molecular flexibility index (Phi) is 4.82. The first-order valence-electron chi connectivity index (χ1n) is 7.61. The number of hydrogen-bond acceptors (Lipinski definition) is 4. The molecule has 1 aliphatic heterocycles. The van der Waals surface area contributed by atoms with Crippen molar-refractivity contribution in [2.24, 2.45) is 0 Å². The molecule has 0 radical (unpaired) electrons. The van der Waals surface area contributed by atoms with E-state index in [1.54, 1.807) is 16.2 Å². The number of carbonyl (C=O) groups is 1. The third kappa shape index (κ3) is 3.82. The third-order valence-electron chi connectivity index (χ3n) is 4.20. The number of hydrogen-bond donors (Lipinski definition) is 0. The van der Waals surface area contributed by atoms with Gasteiger partial charge in [0.05, 0.1) is 17.4 Å². The van der Waals surface area contributed by atoms with Crippen LogP contribution < -0.4 is 0 Å². The van der Waals surface area contributed by atoms with E-state index in [-0.39, 0.29) is 18.2 Å². The van der Waals surface area contributed by atoms with Gasteiger partial charge in [-0.05, 0) is 34.4 Å². The van der Waals surface area contributed by atoms with Crippen molar-refractivity contribution >= 4 is 27.1 Å². The van der Waals surface area contributed by atoms with E-state index in [4.69, 9.17) is 0 Å². The molecule has 1 aromatic carbocycles. The molecule has 3 rings (SSSR count). The van der Waals surface area contributed by atoms with Gasteiger partial charge in [-0.3, -0.25) is 4.79 Å². The van der Waals surface area contributed by atoms with Crippen molar-refractivity contribution in [3.05, 3.63) is 58.3 Å². The minimum atomic E-state index is -3.23. The van der Waals surface area contributed by atoms with E-state index in [1.807, 2.05) is 47.2 Å². The molecule has 2 aromatic rings. The van der Waals surface area contributed by atoms with Crippen LogP contribution in [0.3, 0.4) is 0 Å². The summed E-state index contributed by atoms with van der Waals surface area (Å²) in [6.07, 6.45) is 0.807. The number of rotatable bonds is 3. The van der Waals surface area contributed by atoms with E-state index in [2.05, 4.69) is 0 Å². The van der Waals surface area contributed by atoms with Gasteiger partial charge in [0.1, 0.15) is 0 Å². The zero-order valence-corrected chi connectivity index (χ0v) is 14.4. The highest BCUT2D eigenvalue weighted by atomic mass is 32.2. The number of amides is 1. The molecule has 23 heavy (non-hydrogen) atoms. The Balaban J connectivity index is 1.73. The van der Waals surface area contributed by atoms with Gasteiger partial charge in [-0.25, -0.2) is 8.42 Å². The number of carbonyl (C=O) groups excluding carboxylic acids is 1. The maximum absolute atomic E-state index is 12.6. The first-order chi connectivity index (χ1) is 11.1. The molecule has 1 atom stereocenters. The van der Waals surface area contributed by atoms with Crippen LogP contribution in [0.25, 0.3) is 0 Å².